The maximum Gasteiger partial charge on any atom is 0.217 e. The summed E-state index contributed by atoms with van der Waals surface area (Å²) in [6.07, 6.45) is 1.82. The van der Waals surface area contributed by atoms with E-state index in [9.17, 15) is 5.11 Å². The van der Waals surface area contributed by atoms with Gasteiger partial charge in [-0.1, -0.05) is 56.6 Å². The minimum atomic E-state index is -0.202. The molecule has 0 aliphatic heterocycles. The van der Waals surface area contributed by atoms with Gasteiger partial charge in [0.15, 0.2) is 0 Å². The molecule has 0 amide bonds. The van der Waals surface area contributed by atoms with Crippen LogP contribution in [0.25, 0.3) is 38.5 Å². The second kappa shape index (κ2) is 9.31. The Balaban J connectivity index is 0.00000280. The number of ether oxygens (including phenoxy) is 1. The smallest absolute Gasteiger partial charge is 0.217 e. The number of aromatic nitrogens is 3. The number of phenolic OH excluding ortho intramolecular Hbond substituents is 1. The fraction of sp³-hybridized carbons (Fsp3) is 0.161. The van der Waals surface area contributed by atoms with Crippen molar-refractivity contribution in [2.24, 2.45) is 0 Å². The summed E-state index contributed by atoms with van der Waals surface area (Å²) < 4.78 is 8.29. The molecule has 0 unspecified atom stereocenters. The summed E-state index contributed by atoms with van der Waals surface area (Å²) in [7, 11) is 0. The third-order valence-corrected chi connectivity index (χ3v) is 6.52. The van der Waals surface area contributed by atoms with E-state index in [0.29, 0.717) is 17.1 Å². The van der Waals surface area contributed by atoms with Crippen molar-refractivity contribution in [2.75, 3.05) is 0 Å². The van der Waals surface area contributed by atoms with Crippen LogP contribution in [0.1, 0.15) is 31.9 Å². The van der Waals surface area contributed by atoms with Gasteiger partial charge in [-0.2, -0.15) is 6.07 Å². The number of nitrogens with zero attached hydrogens (tertiary/aromatic N) is 3. The molecule has 3 heterocycles. The third kappa shape index (κ3) is 4.38. The molecule has 0 aliphatic rings. The average Bonchev–Trinajstić information content (AvgIpc) is 3.17. The molecular formula is C31H26N3O2Pt-. The van der Waals surface area contributed by atoms with Gasteiger partial charge in [-0.25, -0.2) is 9.97 Å². The summed E-state index contributed by atoms with van der Waals surface area (Å²) in [5.74, 6) is 1.96. The van der Waals surface area contributed by atoms with E-state index in [2.05, 4.69) is 66.5 Å². The van der Waals surface area contributed by atoms with Gasteiger partial charge in [0.1, 0.15) is 17.1 Å². The molecule has 6 aromatic rings. The number of benzene rings is 3. The Morgan fingerprint density at radius 3 is 2.49 bits per heavy atom. The number of phenols is 1. The van der Waals surface area contributed by atoms with Crippen LogP contribution < -0.4 is 4.74 Å². The Morgan fingerprint density at radius 2 is 1.70 bits per heavy atom. The first-order chi connectivity index (χ1) is 17.3. The molecule has 188 valence electrons. The molecule has 1 N–H and O–H groups in total. The van der Waals surface area contributed by atoms with Crippen LogP contribution in [0.5, 0.6) is 17.4 Å². The van der Waals surface area contributed by atoms with Crippen LogP contribution in [0.15, 0.2) is 79.0 Å². The number of aromatic hydroxyl groups is 1. The number of fused-ring (bicyclic) bond motifs is 4. The maximum atomic E-state index is 10.9. The van der Waals surface area contributed by atoms with Crippen molar-refractivity contribution in [3.8, 4) is 23.2 Å². The first-order valence-electron chi connectivity index (χ1n) is 12.0. The minimum Gasteiger partial charge on any atom is -0.505 e. The average molecular weight is 668 g/mol. The number of aryl methyl sites for hydroxylation is 1. The van der Waals surface area contributed by atoms with Gasteiger partial charge in [-0.05, 0) is 47.6 Å². The summed E-state index contributed by atoms with van der Waals surface area (Å²) in [5, 5.41) is 14.0. The molecule has 0 radical (unpaired) electrons. The van der Waals surface area contributed by atoms with Crippen LogP contribution in [0.3, 0.4) is 0 Å². The van der Waals surface area contributed by atoms with Gasteiger partial charge in [0.25, 0.3) is 0 Å². The molecule has 6 heteroatoms. The van der Waals surface area contributed by atoms with Crippen molar-refractivity contribution in [1.82, 2.24) is 14.5 Å². The largest absolute Gasteiger partial charge is 0.505 e. The number of hydrogen-bond donors (Lipinski definition) is 1. The number of pyridine rings is 2. The van der Waals surface area contributed by atoms with Crippen molar-refractivity contribution in [3.05, 3.63) is 96.2 Å². The van der Waals surface area contributed by atoms with Crippen LogP contribution in [0.2, 0.25) is 0 Å². The van der Waals surface area contributed by atoms with Gasteiger partial charge in [0.05, 0.1) is 0 Å². The van der Waals surface area contributed by atoms with Crippen molar-refractivity contribution in [1.29, 1.82) is 0 Å². The molecule has 37 heavy (non-hydrogen) atoms. The van der Waals surface area contributed by atoms with Gasteiger partial charge >= 0.3 is 0 Å². The van der Waals surface area contributed by atoms with Crippen molar-refractivity contribution in [2.45, 2.75) is 33.1 Å². The molecule has 5 nitrogen and oxygen atoms in total. The van der Waals surface area contributed by atoms with Gasteiger partial charge in [0, 0.05) is 55.5 Å². The van der Waals surface area contributed by atoms with E-state index < -0.39 is 0 Å². The zero-order valence-corrected chi connectivity index (χ0v) is 23.3. The molecule has 3 aromatic carbocycles. The topological polar surface area (TPSA) is 60.2 Å². The predicted octanol–water partition coefficient (Wildman–Crippen LogP) is 7.63. The first kappa shape index (κ1) is 25.0. The molecule has 0 bridgehead atoms. The van der Waals surface area contributed by atoms with E-state index in [-0.39, 0.29) is 32.2 Å². The minimum absolute atomic E-state index is 0. The second-order valence-corrected chi connectivity index (χ2v) is 10.2. The van der Waals surface area contributed by atoms with E-state index in [4.69, 9.17) is 4.74 Å². The first-order valence-corrected chi connectivity index (χ1v) is 12.0. The summed E-state index contributed by atoms with van der Waals surface area (Å²) >= 11 is 0. The third-order valence-electron chi connectivity index (χ3n) is 6.52. The fourth-order valence-corrected chi connectivity index (χ4v) is 4.74. The van der Waals surface area contributed by atoms with Crippen molar-refractivity contribution in [3.63, 3.8) is 0 Å². The Morgan fingerprint density at radius 1 is 0.919 bits per heavy atom. The second-order valence-electron chi connectivity index (χ2n) is 10.2. The fourth-order valence-electron chi connectivity index (χ4n) is 4.74. The van der Waals surface area contributed by atoms with Crippen molar-refractivity contribution >= 4 is 32.7 Å². The van der Waals surface area contributed by atoms with Crippen LogP contribution in [-0.2, 0) is 26.5 Å². The summed E-state index contributed by atoms with van der Waals surface area (Å²) in [6, 6.07) is 27.4. The van der Waals surface area contributed by atoms with E-state index in [1.165, 1.54) is 0 Å². The molecule has 0 atom stereocenters. The molecule has 3 aromatic heterocycles. The Bertz CT molecular complexity index is 1780. The van der Waals surface area contributed by atoms with Gasteiger partial charge in [0.2, 0.25) is 5.88 Å². The normalized spacial score (nSPS) is 11.7. The standard InChI is InChI=1S/C31H26N3O2.Pt/c1-19-15-16-32-27(17-19)34-25-8-6-5-7-22(25)23-12-11-21(18-26(23)34)36-28-14-10-20-9-13-24(31(2,3)4)30(35)29(20)33-28;/h5-17,35H,1-4H3;/q-1;. The predicted molar refractivity (Wildman–Crippen MR) is 144 cm³/mol. The van der Waals surface area contributed by atoms with E-state index in [1.54, 1.807) is 0 Å². The number of rotatable bonds is 3. The zero-order valence-electron chi connectivity index (χ0n) is 21.0. The Hall–Kier alpha value is -3.69. The van der Waals surface area contributed by atoms with Crippen LogP contribution in [-0.4, -0.2) is 19.6 Å². The molecule has 0 saturated heterocycles. The van der Waals surface area contributed by atoms with Gasteiger partial charge in [-0.15, -0.1) is 17.5 Å². The zero-order chi connectivity index (χ0) is 25.0. The summed E-state index contributed by atoms with van der Waals surface area (Å²) in [5.41, 5.74) is 4.25. The molecule has 0 fully saturated rings. The molecule has 0 spiro atoms. The SMILES string of the molecule is Cc1ccnc(-n2c3[c-]c(Oc4ccc5ccc(C(C)(C)C)c(O)c5n4)ccc3c3ccccc32)c1.[Pt]. The van der Waals surface area contributed by atoms with Gasteiger partial charge < -0.3 is 14.4 Å². The Kier molecular flexibility index (Phi) is 6.29. The van der Waals surface area contributed by atoms with Crippen LogP contribution >= 0.6 is 0 Å². The van der Waals surface area contributed by atoms with Crippen LogP contribution in [0.4, 0.5) is 0 Å². The summed E-state index contributed by atoms with van der Waals surface area (Å²) in [6.45, 7) is 8.27. The monoisotopic (exact) mass is 667 g/mol. The van der Waals surface area contributed by atoms with Crippen molar-refractivity contribution < 1.29 is 30.9 Å². The van der Waals surface area contributed by atoms with Crippen LogP contribution in [0, 0.1) is 13.0 Å². The number of hydrogen-bond acceptors (Lipinski definition) is 4. The maximum absolute atomic E-state index is 10.9. The number of para-hydroxylation sites is 1. The quantitative estimate of drug-likeness (QED) is 0.197. The molecule has 0 saturated carbocycles. The summed E-state index contributed by atoms with van der Waals surface area (Å²) in [4.78, 5) is 9.28. The Labute approximate surface area is 230 Å². The molecule has 6 rings (SSSR count). The van der Waals surface area contributed by atoms with Gasteiger partial charge in [-0.3, -0.25) is 0 Å². The molecular weight excluding hydrogens is 641 g/mol. The van der Waals surface area contributed by atoms with E-state index in [1.807, 2.05) is 60.8 Å². The molecule has 0 aliphatic carbocycles. The van der Waals surface area contributed by atoms with E-state index in [0.717, 1.165) is 44.1 Å². The van der Waals surface area contributed by atoms with E-state index >= 15 is 0 Å².